The lowest BCUT2D eigenvalue weighted by Crippen LogP contribution is -2.04. The molecule has 3 nitrogen and oxygen atoms in total. The molecule has 0 aliphatic heterocycles. The van der Waals surface area contributed by atoms with E-state index in [4.69, 9.17) is 11.6 Å². The first kappa shape index (κ1) is 13.4. The third-order valence-electron chi connectivity index (χ3n) is 2.95. The smallest absolute Gasteiger partial charge is 0.337 e. The Labute approximate surface area is 116 Å². The summed E-state index contributed by atoms with van der Waals surface area (Å²) in [7, 11) is 0. The fourth-order valence-electron chi connectivity index (χ4n) is 1.95. The summed E-state index contributed by atoms with van der Waals surface area (Å²) in [5, 5.41) is 12.9. The largest absolute Gasteiger partial charge is 0.478 e. The average Bonchev–Trinajstić information content (AvgIpc) is 2.33. The van der Waals surface area contributed by atoms with Gasteiger partial charge in [0.1, 0.15) is 0 Å². The lowest BCUT2D eigenvalue weighted by molar-refractivity contribution is 0.0698. The number of carboxylic acid groups (broad SMARTS) is 1. The van der Waals surface area contributed by atoms with Gasteiger partial charge in [0.25, 0.3) is 0 Å². The number of carboxylic acids is 1. The van der Waals surface area contributed by atoms with Crippen LogP contribution < -0.4 is 5.32 Å². The minimum atomic E-state index is -0.981. The van der Waals surface area contributed by atoms with Crippen LogP contribution in [-0.2, 0) is 0 Å². The summed E-state index contributed by atoms with van der Waals surface area (Å²) in [5.41, 5.74) is 3.71. The topological polar surface area (TPSA) is 49.3 Å². The molecule has 0 amide bonds. The van der Waals surface area contributed by atoms with E-state index in [-0.39, 0.29) is 5.56 Å². The van der Waals surface area contributed by atoms with Gasteiger partial charge in [-0.3, -0.25) is 0 Å². The Kier molecular flexibility index (Phi) is 3.76. The molecular formula is C15H14ClNO2. The van der Waals surface area contributed by atoms with Crippen LogP contribution in [0.1, 0.15) is 21.5 Å². The summed E-state index contributed by atoms with van der Waals surface area (Å²) in [4.78, 5) is 11.2. The van der Waals surface area contributed by atoms with Crippen LogP contribution >= 0.6 is 11.6 Å². The monoisotopic (exact) mass is 275 g/mol. The zero-order chi connectivity index (χ0) is 14.0. The van der Waals surface area contributed by atoms with Gasteiger partial charge in [-0.15, -0.1) is 0 Å². The predicted octanol–water partition coefficient (Wildman–Crippen LogP) is 4.40. The van der Waals surface area contributed by atoms with E-state index < -0.39 is 5.97 Å². The van der Waals surface area contributed by atoms with Crippen molar-refractivity contribution in [2.24, 2.45) is 0 Å². The molecule has 0 radical (unpaired) electrons. The maximum Gasteiger partial charge on any atom is 0.337 e. The molecule has 2 aromatic rings. The van der Waals surface area contributed by atoms with Crippen molar-refractivity contribution in [3.05, 3.63) is 58.1 Å². The number of halogens is 1. The van der Waals surface area contributed by atoms with Crippen LogP contribution in [0.15, 0.2) is 36.4 Å². The fourth-order valence-corrected chi connectivity index (χ4v) is 2.12. The zero-order valence-corrected chi connectivity index (χ0v) is 11.5. The Morgan fingerprint density at radius 2 is 1.79 bits per heavy atom. The van der Waals surface area contributed by atoms with Gasteiger partial charge in [0.05, 0.1) is 11.3 Å². The van der Waals surface area contributed by atoms with Crippen LogP contribution in [0.2, 0.25) is 5.02 Å². The van der Waals surface area contributed by atoms with Gasteiger partial charge in [0.15, 0.2) is 0 Å². The van der Waals surface area contributed by atoms with Gasteiger partial charge in [0, 0.05) is 10.7 Å². The second-order valence-electron chi connectivity index (χ2n) is 4.39. The van der Waals surface area contributed by atoms with E-state index in [0.717, 1.165) is 16.8 Å². The van der Waals surface area contributed by atoms with Crippen LogP contribution in [-0.4, -0.2) is 11.1 Å². The van der Waals surface area contributed by atoms with Gasteiger partial charge in [-0.05, 0) is 43.2 Å². The van der Waals surface area contributed by atoms with Gasteiger partial charge in [-0.2, -0.15) is 0 Å². The molecule has 0 bridgehead atoms. The Balaban J connectivity index is 2.49. The third-order valence-corrected chi connectivity index (χ3v) is 3.19. The van der Waals surface area contributed by atoms with Crippen molar-refractivity contribution in [3.63, 3.8) is 0 Å². The lowest BCUT2D eigenvalue weighted by atomic mass is 10.1. The van der Waals surface area contributed by atoms with E-state index in [1.165, 1.54) is 6.07 Å². The highest BCUT2D eigenvalue weighted by atomic mass is 35.5. The number of benzene rings is 2. The molecule has 0 saturated heterocycles. The maximum absolute atomic E-state index is 11.2. The molecule has 4 heteroatoms. The molecule has 0 unspecified atom stereocenters. The quantitative estimate of drug-likeness (QED) is 0.873. The van der Waals surface area contributed by atoms with Crippen molar-refractivity contribution in [1.82, 2.24) is 0 Å². The van der Waals surface area contributed by atoms with Gasteiger partial charge < -0.3 is 10.4 Å². The van der Waals surface area contributed by atoms with Crippen LogP contribution in [0, 0.1) is 13.8 Å². The number of para-hydroxylation sites is 1. The maximum atomic E-state index is 11.2. The Morgan fingerprint density at radius 1 is 1.16 bits per heavy atom. The highest BCUT2D eigenvalue weighted by Crippen LogP contribution is 2.28. The summed E-state index contributed by atoms with van der Waals surface area (Å²) in [6.45, 7) is 3.95. The minimum Gasteiger partial charge on any atom is -0.478 e. The number of carbonyl (C=O) groups is 1. The SMILES string of the molecule is Cc1cccc(C)c1Nc1cc(Cl)ccc1C(=O)O. The lowest BCUT2D eigenvalue weighted by Gasteiger charge is -2.14. The first-order valence-electron chi connectivity index (χ1n) is 5.85. The summed E-state index contributed by atoms with van der Waals surface area (Å²) in [6.07, 6.45) is 0. The first-order valence-corrected chi connectivity index (χ1v) is 6.23. The molecule has 0 fully saturated rings. The van der Waals surface area contributed by atoms with E-state index >= 15 is 0 Å². The number of aromatic carboxylic acids is 1. The number of hydrogen-bond donors (Lipinski definition) is 2. The van der Waals surface area contributed by atoms with Gasteiger partial charge in [-0.25, -0.2) is 4.79 Å². The number of nitrogens with one attached hydrogen (secondary N) is 1. The molecule has 0 aromatic heterocycles. The highest BCUT2D eigenvalue weighted by Gasteiger charge is 2.12. The normalized spacial score (nSPS) is 10.3. The second-order valence-corrected chi connectivity index (χ2v) is 4.82. The number of rotatable bonds is 3. The molecule has 2 rings (SSSR count). The van der Waals surface area contributed by atoms with Gasteiger partial charge in [0.2, 0.25) is 0 Å². The zero-order valence-electron chi connectivity index (χ0n) is 10.7. The van der Waals surface area contributed by atoms with E-state index in [0.29, 0.717) is 10.7 Å². The number of hydrogen-bond acceptors (Lipinski definition) is 2. The van der Waals surface area contributed by atoms with Crippen LogP contribution in [0.4, 0.5) is 11.4 Å². The number of anilines is 2. The minimum absolute atomic E-state index is 0.201. The molecule has 2 aromatic carbocycles. The van der Waals surface area contributed by atoms with Crippen molar-refractivity contribution in [2.45, 2.75) is 13.8 Å². The molecule has 0 heterocycles. The molecule has 0 aliphatic rings. The molecule has 98 valence electrons. The third kappa shape index (κ3) is 2.88. The summed E-state index contributed by atoms with van der Waals surface area (Å²) in [5.74, 6) is -0.981. The fraction of sp³-hybridized carbons (Fsp3) is 0.133. The van der Waals surface area contributed by atoms with Gasteiger partial charge >= 0.3 is 5.97 Å². The number of aryl methyl sites for hydroxylation is 2. The van der Waals surface area contributed by atoms with E-state index in [1.54, 1.807) is 12.1 Å². The van der Waals surface area contributed by atoms with Crippen molar-refractivity contribution >= 4 is 28.9 Å². The summed E-state index contributed by atoms with van der Waals surface area (Å²) >= 11 is 5.93. The summed E-state index contributed by atoms with van der Waals surface area (Å²) < 4.78 is 0. The van der Waals surface area contributed by atoms with Crippen LogP contribution in [0.25, 0.3) is 0 Å². The summed E-state index contributed by atoms with van der Waals surface area (Å²) in [6, 6.07) is 10.6. The molecule has 0 aliphatic carbocycles. The Hall–Kier alpha value is -2.00. The molecular weight excluding hydrogens is 262 g/mol. The van der Waals surface area contributed by atoms with E-state index in [2.05, 4.69) is 5.32 Å². The molecule has 19 heavy (non-hydrogen) atoms. The van der Waals surface area contributed by atoms with Crippen LogP contribution in [0.5, 0.6) is 0 Å². The van der Waals surface area contributed by atoms with Gasteiger partial charge in [-0.1, -0.05) is 29.8 Å². The van der Waals surface area contributed by atoms with E-state index in [9.17, 15) is 9.90 Å². The molecule has 2 N–H and O–H groups in total. The van der Waals surface area contributed by atoms with Crippen molar-refractivity contribution in [3.8, 4) is 0 Å². The molecule has 0 atom stereocenters. The predicted molar refractivity (Wildman–Crippen MR) is 77.6 cm³/mol. The second kappa shape index (κ2) is 5.33. The first-order chi connectivity index (χ1) is 8.99. The Bertz CT molecular complexity index is 618. The highest BCUT2D eigenvalue weighted by molar-refractivity contribution is 6.31. The van der Waals surface area contributed by atoms with Crippen LogP contribution in [0.3, 0.4) is 0 Å². The average molecular weight is 276 g/mol. The van der Waals surface area contributed by atoms with Crippen molar-refractivity contribution < 1.29 is 9.90 Å². The van der Waals surface area contributed by atoms with Crippen molar-refractivity contribution in [2.75, 3.05) is 5.32 Å². The van der Waals surface area contributed by atoms with E-state index in [1.807, 2.05) is 32.0 Å². The Morgan fingerprint density at radius 3 is 2.37 bits per heavy atom. The molecule has 0 spiro atoms. The van der Waals surface area contributed by atoms with Crippen molar-refractivity contribution in [1.29, 1.82) is 0 Å². The standard InChI is InChI=1S/C15H14ClNO2/c1-9-4-3-5-10(2)14(9)17-13-8-11(16)6-7-12(13)15(18)19/h3-8,17H,1-2H3,(H,18,19). The molecule has 0 saturated carbocycles.